The van der Waals surface area contributed by atoms with Gasteiger partial charge in [-0.05, 0) is 20.8 Å². The summed E-state index contributed by atoms with van der Waals surface area (Å²) >= 11 is 0. The van der Waals surface area contributed by atoms with Crippen molar-refractivity contribution in [1.82, 2.24) is 10.1 Å². The molecule has 1 rings (SSSR count). The maximum absolute atomic E-state index is 11.0. The Hall–Kier alpha value is -1.59. The Kier molecular flexibility index (Phi) is 2.50. The first-order chi connectivity index (χ1) is 5.97. The van der Waals surface area contributed by atoms with E-state index in [1.165, 1.54) is 0 Å². The van der Waals surface area contributed by atoms with Crippen LogP contribution in [0, 0.1) is 0 Å². The highest BCUT2D eigenvalue weighted by Crippen LogP contribution is 2.10. The summed E-state index contributed by atoms with van der Waals surface area (Å²) in [4.78, 5) is 14.4. The van der Waals surface area contributed by atoms with Gasteiger partial charge in [0.05, 0.1) is 0 Å². The van der Waals surface area contributed by atoms with Gasteiger partial charge in [0.25, 0.3) is 0 Å². The van der Waals surface area contributed by atoms with Gasteiger partial charge in [0, 0.05) is 0 Å². The third-order valence-corrected chi connectivity index (χ3v) is 0.901. The number of aromatic nitrogens is 2. The van der Waals surface area contributed by atoms with Crippen molar-refractivity contribution in [3.63, 3.8) is 0 Å². The first-order valence-corrected chi connectivity index (χ1v) is 3.65. The molecule has 0 fully saturated rings. The third-order valence-electron chi connectivity index (χ3n) is 0.901. The molecule has 0 saturated carbocycles. The van der Waals surface area contributed by atoms with E-state index in [0.717, 1.165) is 6.33 Å². The number of carbonyl (C=O) groups is 1. The lowest BCUT2D eigenvalue weighted by Crippen LogP contribution is -2.26. The van der Waals surface area contributed by atoms with Crippen LogP contribution in [-0.4, -0.2) is 21.9 Å². The fraction of sp³-hybridized carbons (Fsp3) is 0.571. The van der Waals surface area contributed by atoms with E-state index in [9.17, 15) is 4.79 Å². The van der Waals surface area contributed by atoms with Gasteiger partial charge in [-0.15, -0.1) is 0 Å². The fourth-order valence-corrected chi connectivity index (χ4v) is 0.550. The molecule has 0 aliphatic carbocycles. The number of carbonyl (C=O) groups excluding carboxylic acids is 1. The van der Waals surface area contributed by atoms with Crippen molar-refractivity contribution in [2.24, 2.45) is 0 Å². The van der Waals surface area contributed by atoms with E-state index < -0.39 is 11.8 Å². The highest BCUT2D eigenvalue weighted by Gasteiger charge is 2.19. The molecule has 72 valence electrons. The van der Waals surface area contributed by atoms with Crippen molar-refractivity contribution in [3.8, 4) is 6.08 Å². The number of rotatable bonds is 1. The largest absolute Gasteiger partial charge is 0.517 e. The molecular weight excluding hydrogens is 176 g/mol. The van der Waals surface area contributed by atoms with Gasteiger partial charge in [-0.2, -0.15) is 4.98 Å². The normalized spacial score (nSPS) is 11.0. The molecule has 0 aliphatic heterocycles. The second-order valence-electron chi connectivity index (χ2n) is 3.27. The Balaban J connectivity index is 2.43. The Morgan fingerprint density at radius 3 is 2.69 bits per heavy atom. The van der Waals surface area contributed by atoms with Crippen LogP contribution < -0.4 is 4.74 Å². The van der Waals surface area contributed by atoms with E-state index in [4.69, 9.17) is 4.74 Å². The predicted molar refractivity (Wildman–Crippen MR) is 41.2 cm³/mol. The molecule has 0 amide bonds. The van der Waals surface area contributed by atoms with Crippen LogP contribution in [0.1, 0.15) is 20.8 Å². The van der Waals surface area contributed by atoms with Crippen LogP contribution in [0.15, 0.2) is 10.9 Å². The van der Waals surface area contributed by atoms with Crippen LogP contribution in [0.25, 0.3) is 0 Å². The standard InChI is InChI=1S/C7H10N2O4/c1-7(2,3)12-6(10)11-5-8-4-9-13-5/h4H,1-3H3. The number of hydrogen-bond acceptors (Lipinski definition) is 6. The van der Waals surface area contributed by atoms with Gasteiger partial charge in [0.15, 0.2) is 6.33 Å². The van der Waals surface area contributed by atoms with Crippen LogP contribution in [-0.2, 0) is 4.74 Å². The SMILES string of the molecule is CC(C)(C)OC(=O)Oc1ncno1. The lowest BCUT2D eigenvalue weighted by atomic mass is 10.2. The zero-order chi connectivity index (χ0) is 9.90. The first kappa shape index (κ1) is 9.50. The molecule has 0 saturated heterocycles. The minimum Gasteiger partial charge on any atom is -0.428 e. The lowest BCUT2D eigenvalue weighted by molar-refractivity contribution is 0.0134. The maximum Gasteiger partial charge on any atom is 0.517 e. The minimum atomic E-state index is -0.864. The molecule has 0 radical (unpaired) electrons. The summed E-state index contributed by atoms with van der Waals surface area (Å²) in [6.07, 6.45) is 0.0330. The summed E-state index contributed by atoms with van der Waals surface area (Å²) in [6, 6.07) is 0. The molecule has 1 aromatic heterocycles. The molecule has 1 aromatic rings. The van der Waals surface area contributed by atoms with E-state index in [-0.39, 0.29) is 6.08 Å². The summed E-state index contributed by atoms with van der Waals surface area (Å²) in [6.45, 7) is 5.17. The van der Waals surface area contributed by atoms with Gasteiger partial charge in [-0.1, -0.05) is 5.16 Å². The molecule has 0 unspecified atom stereocenters. The van der Waals surface area contributed by atoms with Crippen LogP contribution >= 0.6 is 0 Å². The zero-order valence-electron chi connectivity index (χ0n) is 7.60. The van der Waals surface area contributed by atoms with Crippen LogP contribution in [0.2, 0.25) is 0 Å². The molecule has 13 heavy (non-hydrogen) atoms. The first-order valence-electron chi connectivity index (χ1n) is 3.65. The fourth-order valence-electron chi connectivity index (χ4n) is 0.550. The second-order valence-corrected chi connectivity index (χ2v) is 3.27. The topological polar surface area (TPSA) is 74.5 Å². The maximum atomic E-state index is 11.0. The van der Waals surface area contributed by atoms with Crippen LogP contribution in [0.3, 0.4) is 0 Å². The van der Waals surface area contributed by atoms with E-state index in [2.05, 4.69) is 19.4 Å². The molecule has 0 bridgehead atoms. The molecular formula is C7H10N2O4. The summed E-state index contributed by atoms with van der Waals surface area (Å²) < 4.78 is 13.8. The van der Waals surface area contributed by atoms with Crippen molar-refractivity contribution in [2.45, 2.75) is 26.4 Å². The Morgan fingerprint density at radius 2 is 2.23 bits per heavy atom. The monoisotopic (exact) mass is 186 g/mol. The lowest BCUT2D eigenvalue weighted by Gasteiger charge is -2.17. The average molecular weight is 186 g/mol. The minimum absolute atomic E-state index is 0.228. The molecule has 6 heteroatoms. The van der Waals surface area contributed by atoms with Crippen molar-refractivity contribution < 1.29 is 18.8 Å². The summed E-state index contributed by atoms with van der Waals surface area (Å²) in [5, 5.41) is 3.25. The highest BCUT2D eigenvalue weighted by molar-refractivity contribution is 5.62. The van der Waals surface area contributed by atoms with Gasteiger partial charge >= 0.3 is 12.2 Å². The predicted octanol–water partition coefficient (Wildman–Crippen LogP) is 1.38. The second kappa shape index (κ2) is 3.42. The molecule has 1 heterocycles. The smallest absolute Gasteiger partial charge is 0.428 e. The number of hydrogen-bond donors (Lipinski definition) is 0. The molecule has 0 aliphatic rings. The molecule has 0 atom stereocenters. The van der Waals surface area contributed by atoms with E-state index in [0.29, 0.717) is 0 Å². The number of ether oxygens (including phenoxy) is 2. The average Bonchev–Trinajstić information content (AvgIpc) is 2.34. The molecule has 0 N–H and O–H groups in total. The zero-order valence-corrected chi connectivity index (χ0v) is 7.60. The molecule has 0 aromatic carbocycles. The van der Waals surface area contributed by atoms with Gasteiger partial charge in [0.2, 0.25) is 0 Å². The summed E-state index contributed by atoms with van der Waals surface area (Å²) in [7, 11) is 0. The van der Waals surface area contributed by atoms with E-state index in [1.54, 1.807) is 20.8 Å². The van der Waals surface area contributed by atoms with Gasteiger partial charge < -0.3 is 9.47 Å². The van der Waals surface area contributed by atoms with Gasteiger partial charge in [-0.3, -0.25) is 4.52 Å². The summed E-state index contributed by atoms with van der Waals surface area (Å²) in [5.41, 5.74) is -0.600. The highest BCUT2D eigenvalue weighted by atomic mass is 16.8. The Morgan fingerprint density at radius 1 is 1.54 bits per heavy atom. The van der Waals surface area contributed by atoms with Crippen molar-refractivity contribution in [3.05, 3.63) is 6.33 Å². The Labute approximate surface area is 74.8 Å². The molecule has 0 spiro atoms. The van der Waals surface area contributed by atoms with Crippen molar-refractivity contribution in [2.75, 3.05) is 0 Å². The summed E-state index contributed by atoms with van der Waals surface area (Å²) in [5.74, 6) is 0. The van der Waals surface area contributed by atoms with Crippen molar-refractivity contribution in [1.29, 1.82) is 0 Å². The third kappa shape index (κ3) is 3.55. The van der Waals surface area contributed by atoms with Gasteiger partial charge in [-0.25, -0.2) is 4.79 Å². The van der Waals surface area contributed by atoms with Crippen molar-refractivity contribution >= 4 is 6.16 Å². The van der Waals surface area contributed by atoms with Crippen LogP contribution in [0.5, 0.6) is 6.08 Å². The van der Waals surface area contributed by atoms with Gasteiger partial charge in [0.1, 0.15) is 5.60 Å². The quantitative estimate of drug-likeness (QED) is 0.617. The van der Waals surface area contributed by atoms with E-state index >= 15 is 0 Å². The van der Waals surface area contributed by atoms with Crippen LogP contribution in [0.4, 0.5) is 4.79 Å². The van der Waals surface area contributed by atoms with E-state index in [1.807, 2.05) is 0 Å². The number of nitrogens with zero attached hydrogens (tertiary/aromatic N) is 2. The molecule has 6 nitrogen and oxygen atoms in total. The Bertz CT molecular complexity index is 275.